The van der Waals surface area contributed by atoms with Crippen LogP contribution in [0.3, 0.4) is 0 Å². The second-order valence-electron chi connectivity index (χ2n) is 8.84. The highest BCUT2D eigenvalue weighted by Crippen LogP contribution is 2.49. The number of amides is 4. The maximum atomic E-state index is 14.6. The Morgan fingerprint density at radius 1 is 1.14 bits per heavy atom. The minimum atomic E-state index is -3.91. The summed E-state index contributed by atoms with van der Waals surface area (Å²) in [5.41, 5.74) is -2.44. The lowest BCUT2D eigenvalue weighted by molar-refractivity contribution is -0.147. The van der Waals surface area contributed by atoms with Crippen molar-refractivity contribution >= 4 is 74.5 Å². The van der Waals surface area contributed by atoms with Crippen molar-refractivity contribution in [3.8, 4) is 0 Å². The number of carbonyl (C=O) groups is 4. The molecule has 0 aliphatic carbocycles. The summed E-state index contributed by atoms with van der Waals surface area (Å²) in [7, 11) is 29.9. The highest BCUT2D eigenvalue weighted by atomic mass is 35.5. The van der Waals surface area contributed by atoms with Crippen molar-refractivity contribution in [1.82, 2.24) is 15.5 Å². The van der Waals surface area contributed by atoms with Crippen LogP contribution in [0, 0.1) is 0 Å². The van der Waals surface area contributed by atoms with Crippen molar-refractivity contribution in [3.05, 3.63) is 69.7 Å². The first-order chi connectivity index (χ1) is 17.1. The number of fused-ring (bicyclic) bond motifs is 1. The van der Waals surface area contributed by atoms with Crippen molar-refractivity contribution in [3.63, 3.8) is 0 Å². The van der Waals surface area contributed by atoms with E-state index in [1.54, 1.807) is 0 Å². The fourth-order valence-electron chi connectivity index (χ4n) is 4.22. The molecular weight excluding hydrogens is 498 g/mol. The van der Waals surface area contributed by atoms with E-state index >= 15 is 0 Å². The third kappa shape index (κ3) is 4.19. The predicted molar refractivity (Wildman–Crippen MR) is 134 cm³/mol. The molecule has 1 saturated heterocycles. The van der Waals surface area contributed by atoms with Gasteiger partial charge in [0.2, 0.25) is 11.8 Å². The largest absolute Gasteiger partial charge is 0.352 e. The van der Waals surface area contributed by atoms with Crippen LogP contribution in [0.1, 0.15) is 33.0 Å². The second kappa shape index (κ2) is 9.08. The monoisotopic (exact) mass is 511 g/mol. The molecule has 2 aliphatic rings. The SMILES string of the molecule is [B]C(NC(=O)C(F)(F)c1ccc(Cl)cc1)c1ccc2c(c1)CN(C1([B])C(=O)NC(=O)C([B])C1([B])[B])C2=O. The smallest absolute Gasteiger partial charge is 0.349 e. The molecule has 2 N–H and O–H groups in total. The van der Waals surface area contributed by atoms with Gasteiger partial charge in [-0.3, -0.25) is 24.5 Å². The third-order valence-electron chi connectivity index (χ3n) is 6.54. The van der Waals surface area contributed by atoms with Gasteiger partial charge in [-0.25, -0.2) is 0 Å². The summed E-state index contributed by atoms with van der Waals surface area (Å²) in [5.74, 6) is -11.4. The normalized spacial score (nSPS) is 23.8. The number of benzene rings is 2. The molecule has 0 saturated carbocycles. The van der Waals surface area contributed by atoms with E-state index in [1.165, 1.54) is 30.3 Å². The number of nitrogens with zero attached hydrogens (tertiary/aromatic N) is 1. The van der Waals surface area contributed by atoms with Crippen LogP contribution in [0.2, 0.25) is 16.1 Å². The van der Waals surface area contributed by atoms with Crippen LogP contribution in [0.4, 0.5) is 8.78 Å². The Morgan fingerprint density at radius 2 is 1.76 bits per heavy atom. The van der Waals surface area contributed by atoms with Crippen LogP contribution in [-0.2, 0) is 26.9 Å². The molecule has 0 aromatic heterocycles. The Hall–Kier alpha value is -3.01. The number of nitrogens with one attached hydrogen (secondary N) is 2. The van der Waals surface area contributed by atoms with Gasteiger partial charge < -0.3 is 10.2 Å². The van der Waals surface area contributed by atoms with Crippen molar-refractivity contribution in [2.24, 2.45) is 0 Å². The van der Waals surface area contributed by atoms with Gasteiger partial charge in [0.25, 0.3) is 11.8 Å². The number of halogens is 3. The molecule has 7 nitrogen and oxygen atoms in total. The number of imide groups is 1. The van der Waals surface area contributed by atoms with E-state index in [0.717, 1.165) is 17.0 Å². The van der Waals surface area contributed by atoms with Crippen molar-refractivity contribution in [1.29, 1.82) is 0 Å². The van der Waals surface area contributed by atoms with E-state index in [4.69, 9.17) is 50.8 Å². The molecule has 0 bridgehead atoms. The summed E-state index contributed by atoms with van der Waals surface area (Å²) < 4.78 is 29.2. The molecule has 3 unspecified atom stereocenters. The van der Waals surface area contributed by atoms with Gasteiger partial charge in [-0.2, -0.15) is 8.78 Å². The lowest BCUT2D eigenvalue weighted by Crippen LogP contribution is -2.72. The van der Waals surface area contributed by atoms with Crippen molar-refractivity contribution in [2.75, 3.05) is 0 Å². The summed E-state index contributed by atoms with van der Waals surface area (Å²) in [4.78, 5) is 50.9. The summed E-state index contributed by atoms with van der Waals surface area (Å²) in [6, 6.07) is 8.51. The molecule has 4 amide bonds. The fourth-order valence-corrected chi connectivity index (χ4v) is 4.34. The van der Waals surface area contributed by atoms with Crippen LogP contribution < -0.4 is 10.6 Å². The van der Waals surface area contributed by atoms with Crippen LogP contribution >= 0.6 is 11.6 Å². The van der Waals surface area contributed by atoms with Gasteiger partial charge in [0.15, 0.2) is 0 Å². The lowest BCUT2D eigenvalue weighted by Gasteiger charge is -2.55. The predicted octanol–water partition coefficient (Wildman–Crippen LogP) is 0.302. The highest BCUT2D eigenvalue weighted by Gasteiger charge is 2.59. The maximum Gasteiger partial charge on any atom is 0.349 e. The zero-order chi connectivity index (χ0) is 27.5. The average Bonchev–Trinajstić information content (AvgIpc) is 3.18. The molecule has 37 heavy (non-hydrogen) atoms. The molecule has 1 fully saturated rings. The van der Waals surface area contributed by atoms with E-state index < -0.39 is 57.5 Å². The summed E-state index contributed by atoms with van der Waals surface area (Å²) in [6.45, 7) is -0.301. The first-order valence-electron chi connectivity index (χ1n) is 10.7. The number of hydrogen-bond donors (Lipinski definition) is 2. The average molecular weight is 511 g/mol. The third-order valence-corrected chi connectivity index (χ3v) is 6.79. The topological polar surface area (TPSA) is 95.6 Å². The Morgan fingerprint density at radius 3 is 2.38 bits per heavy atom. The van der Waals surface area contributed by atoms with Gasteiger partial charge in [0.1, 0.15) is 15.7 Å². The summed E-state index contributed by atoms with van der Waals surface area (Å²) in [6.07, 6.45) is 0. The quantitative estimate of drug-likeness (QED) is 0.447. The minimum Gasteiger partial charge on any atom is -0.352 e. The van der Waals surface area contributed by atoms with Crippen LogP contribution in [0.5, 0.6) is 0 Å². The zero-order valence-corrected chi connectivity index (χ0v) is 19.8. The summed E-state index contributed by atoms with van der Waals surface area (Å²) in [5, 5.41) is 1.89. The number of rotatable bonds is 5. The van der Waals surface area contributed by atoms with Gasteiger partial charge in [0, 0.05) is 28.6 Å². The van der Waals surface area contributed by atoms with E-state index in [-0.39, 0.29) is 28.3 Å². The molecule has 2 aromatic carbocycles. The van der Waals surface area contributed by atoms with Gasteiger partial charge in [0.05, 0.1) is 29.0 Å². The molecule has 2 aromatic rings. The first kappa shape index (κ1) is 27.0. The number of hydrogen-bond acceptors (Lipinski definition) is 4. The molecule has 0 spiro atoms. The molecule has 2 aliphatic heterocycles. The van der Waals surface area contributed by atoms with E-state index in [2.05, 4.69) is 0 Å². The van der Waals surface area contributed by atoms with Crippen LogP contribution in [0.25, 0.3) is 0 Å². The standard InChI is InChI=1S/C22H13B5ClF2N3O4/c23-14-16(34)32-19(37)22(27,21(14,25)26)33-8-10-7-9(1-6-13(10)17(33)35)15(24)31-18(36)20(29,30)11-2-4-12(28)5-3-11/h1-7,14-15H,8H2,(H,31,36)(H,32,34,37). The molecule has 176 valence electrons. The van der Waals surface area contributed by atoms with Gasteiger partial charge in [-0.15, -0.1) is 0 Å². The summed E-state index contributed by atoms with van der Waals surface area (Å²) >= 11 is 5.71. The lowest BCUT2D eigenvalue weighted by atomic mass is 9.31. The first-order valence-corrected chi connectivity index (χ1v) is 11.1. The van der Waals surface area contributed by atoms with Crippen molar-refractivity contribution in [2.45, 2.75) is 34.9 Å². The van der Waals surface area contributed by atoms with E-state index in [0.29, 0.717) is 0 Å². The minimum absolute atomic E-state index is 0.0904. The van der Waals surface area contributed by atoms with Gasteiger partial charge in [-0.1, -0.05) is 41.1 Å². The fraction of sp³-hybridized carbons (Fsp3) is 0.273. The van der Waals surface area contributed by atoms with Crippen molar-refractivity contribution < 1.29 is 28.0 Å². The van der Waals surface area contributed by atoms with E-state index in [9.17, 15) is 28.0 Å². The Kier molecular flexibility index (Phi) is 6.63. The highest BCUT2D eigenvalue weighted by molar-refractivity contribution is 6.57. The molecule has 10 radical (unpaired) electrons. The Bertz CT molecular complexity index is 1330. The molecule has 15 heteroatoms. The zero-order valence-electron chi connectivity index (χ0n) is 19.0. The number of alkyl halides is 2. The van der Waals surface area contributed by atoms with Crippen LogP contribution in [0.15, 0.2) is 42.5 Å². The van der Waals surface area contributed by atoms with Gasteiger partial charge >= 0.3 is 5.92 Å². The number of carbonyl (C=O) groups excluding carboxylic acids is 4. The Labute approximate surface area is 222 Å². The van der Waals surface area contributed by atoms with Crippen LogP contribution in [-0.4, -0.2) is 73.2 Å². The second-order valence-corrected chi connectivity index (χ2v) is 9.27. The molecule has 3 atom stereocenters. The maximum absolute atomic E-state index is 14.6. The molecular formula is C22H13B5ClF2N3O4. The molecule has 4 rings (SSSR count). The Balaban J connectivity index is 1.57. The van der Waals surface area contributed by atoms with Gasteiger partial charge in [-0.05, 0) is 35.1 Å². The number of piperidine rings is 1. The molecule has 2 heterocycles. The van der Waals surface area contributed by atoms with E-state index in [1.807, 2.05) is 10.6 Å².